The van der Waals surface area contributed by atoms with Crippen molar-refractivity contribution in [1.29, 1.82) is 0 Å². The molecule has 0 spiro atoms. The summed E-state index contributed by atoms with van der Waals surface area (Å²) in [6.45, 7) is 2.67. The van der Waals surface area contributed by atoms with Gasteiger partial charge >= 0.3 is 0 Å². The van der Waals surface area contributed by atoms with Crippen molar-refractivity contribution >= 4 is 35.0 Å². The van der Waals surface area contributed by atoms with E-state index in [9.17, 15) is 5.11 Å². The van der Waals surface area contributed by atoms with Crippen LogP contribution in [0.5, 0.6) is 0 Å². The van der Waals surface area contributed by atoms with Gasteiger partial charge in [-0.15, -0.1) is 0 Å². The minimum absolute atomic E-state index is 0.148. The van der Waals surface area contributed by atoms with Gasteiger partial charge in [0.1, 0.15) is 0 Å². The van der Waals surface area contributed by atoms with Gasteiger partial charge in [0, 0.05) is 18.3 Å². The Morgan fingerprint density at radius 1 is 1.44 bits per heavy atom. The maximum Gasteiger partial charge on any atom is 0.0869 e. The predicted molar refractivity (Wildman–Crippen MR) is 79.8 cm³/mol. The molecule has 0 bridgehead atoms. The van der Waals surface area contributed by atoms with E-state index in [-0.39, 0.29) is 6.04 Å². The van der Waals surface area contributed by atoms with E-state index < -0.39 is 5.60 Å². The molecule has 0 radical (unpaired) electrons. The second kappa shape index (κ2) is 6.02. The zero-order valence-electron chi connectivity index (χ0n) is 10.2. The van der Waals surface area contributed by atoms with Gasteiger partial charge in [0.2, 0.25) is 0 Å². The minimum Gasteiger partial charge on any atom is -0.388 e. The van der Waals surface area contributed by atoms with Crippen LogP contribution in [0.25, 0.3) is 0 Å². The maximum atomic E-state index is 10.3. The normalized spacial score (nSPS) is 25.3. The summed E-state index contributed by atoms with van der Waals surface area (Å²) in [6, 6.07) is 5.78. The van der Waals surface area contributed by atoms with E-state index in [1.165, 1.54) is 0 Å². The summed E-state index contributed by atoms with van der Waals surface area (Å²) in [5.74, 6) is 1.85. The van der Waals surface area contributed by atoms with Crippen molar-refractivity contribution in [2.45, 2.75) is 25.0 Å². The number of aliphatic hydroxyl groups is 1. The Hall–Kier alpha value is 0.0700. The van der Waals surface area contributed by atoms with E-state index in [4.69, 9.17) is 23.2 Å². The molecule has 0 saturated carbocycles. The van der Waals surface area contributed by atoms with Gasteiger partial charge < -0.3 is 10.4 Å². The first-order chi connectivity index (χ1) is 8.50. The van der Waals surface area contributed by atoms with Gasteiger partial charge in [-0.3, -0.25) is 0 Å². The molecule has 2 rings (SSSR count). The third-order valence-corrected chi connectivity index (χ3v) is 5.24. The van der Waals surface area contributed by atoms with Crippen molar-refractivity contribution in [3.63, 3.8) is 0 Å². The number of rotatable bonds is 4. The molecule has 2 nitrogen and oxygen atoms in total. The van der Waals surface area contributed by atoms with E-state index in [1.807, 2.05) is 12.1 Å². The molecule has 0 aromatic heterocycles. The summed E-state index contributed by atoms with van der Waals surface area (Å²) in [6.07, 6.45) is 0.860. The Morgan fingerprint density at radius 3 is 2.83 bits per heavy atom. The highest BCUT2D eigenvalue weighted by Crippen LogP contribution is 2.29. The highest BCUT2D eigenvalue weighted by Gasteiger charge is 2.31. The SMILES string of the molecule is CC(NCC1(O)CCSC1)c1ccc(Cl)c(Cl)c1. The fraction of sp³-hybridized carbons (Fsp3) is 0.538. The van der Waals surface area contributed by atoms with E-state index in [0.29, 0.717) is 16.6 Å². The average Bonchev–Trinajstić information content (AvgIpc) is 2.77. The standard InChI is InChI=1S/C13H17Cl2NOS/c1-9(10-2-3-11(14)12(15)6-10)16-7-13(17)4-5-18-8-13/h2-3,6,9,16-17H,4-5,7-8H2,1H3. The predicted octanol–water partition coefficient (Wildman–Crippen LogP) is 3.51. The number of thioether (sulfide) groups is 1. The molecular weight excluding hydrogens is 289 g/mol. The van der Waals surface area contributed by atoms with Crippen LogP contribution in [0.3, 0.4) is 0 Å². The second-order valence-electron chi connectivity index (χ2n) is 4.80. The van der Waals surface area contributed by atoms with E-state index in [2.05, 4.69) is 12.2 Å². The van der Waals surface area contributed by atoms with Crippen molar-refractivity contribution in [2.75, 3.05) is 18.1 Å². The highest BCUT2D eigenvalue weighted by atomic mass is 35.5. The first-order valence-corrected chi connectivity index (χ1v) is 7.90. The Kier molecular flexibility index (Phi) is 4.84. The Morgan fingerprint density at radius 2 is 2.22 bits per heavy atom. The van der Waals surface area contributed by atoms with Crippen LogP contribution in [-0.2, 0) is 0 Å². The first-order valence-electron chi connectivity index (χ1n) is 5.99. The molecule has 0 amide bonds. The Balaban J connectivity index is 1.94. The van der Waals surface area contributed by atoms with Crippen molar-refractivity contribution < 1.29 is 5.11 Å². The first kappa shape index (κ1) is 14.5. The topological polar surface area (TPSA) is 32.3 Å². The molecule has 1 aromatic rings. The summed E-state index contributed by atoms with van der Waals surface area (Å²) in [4.78, 5) is 0. The molecule has 1 fully saturated rings. The van der Waals surface area contributed by atoms with E-state index in [1.54, 1.807) is 17.8 Å². The molecule has 2 atom stereocenters. The number of benzene rings is 1. The summed E-state index contributed by atoms with van der Waals surface area (Å²) in [7, 11) is 0. The number of nitrogens with one attached hydrogen (secondary N) is 1. The van der Waals surface area contributed by atoms with Crippen LogP contribution < -0.4 is 5.32 Å². The molecule has 1 aromatic carbocycles. The van der Waals surface area contributed by atoms with Crippen LogP contribution in [0.2, 0.25) is 10.0 Å². The lowest BCUT2D eigenvalue weighted by Crippen LogP contribution is -2.41. The summed E-state index contributed by atoms with van der Waals surface area (Å²) < 4.78 is 0. The molecule has 100 valence electrons. The Labute approximate surface area is 122 Å². The number of hydrogen-bond acceptors (Lipinski definition) is 3. The lowest BCUT2D eigenvalue weighted by atomic mass is 10.0. The average molecular weight is 306 g/mol. The molecule has 0 aliphatic carbocycles. The van der Waals surface area contributed by atoms with Crippen molar-refractivity contribution in [3.8, 4) is 0 Å². The molecule has 5 heteroatoms. The van der Waals surface area contributed by atoms with Crippen LogP contribution in [0.15, 0.2) is 18.2 Å². The Bertz CT molecular complexity index is 421. The molecule has 1 heterocycles. The van der Waals surface area contributed by atoms with Gasteiger partial charge in [-0.2, -0.15) is 11.8 Å². The zero-order valence-corrected chi connectivity index (χ0v) is 12.6. The monoisotopic (exact) mass is 305 g/mol. The lowest BCUT2D eigenvalue weighted by Gasteiger charge is -2.24. The van der Waals surface area contributed by atoms with Crippen LogP contribution in [0, 0.1) is 0 Å². The zero-order chi connectivity index (χ0) is 13.2. The van der Waals surface area contributed by atoms with Gasteiger partial charge in [-0.25, -0.2) is 0 Å². The van der Waals surface area contributed by atoms with Crippen LogP contribution in [-0.4, -0.2) is 28.8 Å². The van der Waals surface area contributed by atoms with Crippen molar-refractivity contribution in [2.24, 2.45) is 0 Å². The summed E-state index contributed by atoms with van der Waals surface area (Å²) in [5.41, 5.74) is 0.522. The third kappa shape index (κ3) is 3.55. The van der Waals surface area contributed by atoms with Crippen molar-refractivity contribution in [1.82, 2.24) is 5.32 Å². The van der Waals surface area contributed by atoms with Gasteiger partial charge in [-0.05, 0) is 36.8 Å². The van der Waals surface area contributed by atoms with Crippen LogP contribution in [0.1, 0.15) is 24.9 Å². The fourth-order valence-electron chi connectivity index (χ4n) is 1.98. The molecule has 18 heavy (non-hydrogen) atoms. The second-order valence-corrected chi connectivity index (χ2v) is 6.72. The summed E-state index contributed by atoms with van der Waals surface area (Å²) >= 11 is 13.7. The lowest BCUT2D eigenvalue weighted by molar-refractivity contribution is 0.0651. The molecule has 1 saturated heterocycles. The van der Waals surface area contributed by atoms with E-state index >= 15 is 0 Å². The quantitative estimate of drug-likeness (QED) is 0.893. The number of hydrogen-bond donors (Lipinski definition) is 2. The van der Waals surface area contributed by atoms with Crippen LogP contribution >= 0.6 is 35.0 Å². The smallest absolute Gasteiger partial charge is 0.0869 e. The molecule has 2 unspecified atom stereocenters. The molecule has 1 aliphatic rings. The summed E-state index contributed by atoms with van der Waals surface area (Å²) in [5, 5.41) is 14.8. The van der Waals surface area contributed by atoms with Crippen LogP contribution in [0.4, 0.5) is 0 Å². The minimum atomic E-state index is -0.560. The molecular formula is C13H17Cl2NOS. The molecule has 1 aliphatic heterocycles. The van der Waals surface area contributed by atoms with Gasteiger partial charge in [0.05, 0.1) is 15.6 Å². The molecule has 2 N–H and O–H groups in total. The van der Waals surface area contributed by atoms with Crippen molar-refractivity contribution in [3.05, 3.63) is 33.8 Å². The van der Waals surface area contributed by atoms with Gasteiger partial charge in [-0.1, -0.05) is 29.3 Å². The highest BCUT2D eigenvalue weighted by molar-refractivity contribution is 7.99. The van der Waals surface area contributed by atoms with Gasteiger partial charge in [0.15, 0.2) is 0 Å². The third-order valence-electron chi connectivity index (χ3n) is 3.26. The van der Waals surface area contributed by atoms with E-state index in [0.717, 1.165) is 23.5 Å². The number of halogens is 2. The maximum absolute atomic E-state index is 10.3. The van der Waals surface area contributed by atoms with Gasteiger partial charge in [0.25, 0.3) is 0 Å². The fourth-order valence-corrected chi connectivity index (χ4v) is 3.58. The largest absolute Gasteiger partial charge is 0.388 e.